The third kappa shape index (κ3) is 3.92. The molecule has 0 atom stereocenters. The zero-order valence-electron chi connectivity index (χ0n) is 12.4. The molecule has 0 aromatic heterocycles. The van der Waals surface area contributed by atoms with Crippen molar-refractivity contribution in [2.45, 2.75) is 6.42 Å². The molecule has 5 nitrogen and oxygen atoms in total. The molecule has 0 bridgehead atoms. The fourth-order valence-corrected chi connectivity index (χ4v) is 2.38. The SMILES string of the molecule is Oc1ccccc1C=NC1=NN(C(=S)Nc2ccccc2)CC1. The molecule has 23 heavy (non-hydrogen) atoms. The number of hydrogen-bond acceptors (Lipinski definition) is 4. The summed E-state index contributed by atoms with van der Waals surface area (Å²) < 4.78 is 0. The Morgan fingerprint density at radius 3 is 2.70 bits per heavy atom. The van der Waals surface area contributed by atoms with Gasteiger partial charge in [-0.05, 0) is 36.5 Å². The number of benzene rings is 2. The maximum absolute atomic E-state index is 9.72. The number of hydrogen-bond donors (Lipinski definition) is 2. The molecule has 116 valence electrons. The van der Waals surface area contributed by atoms with E-state index in [0.717, 1.165) is 5.69 Å². The Balaban J connectivity index is 1.64. The number of nitrogens with zero attached hydrogens (tertiary/aromatic N) is 3. The van der Waals surface area contributed by atoms with Gasteiger partial charge in [0, 0.05) is 23.9 Å². The lowest BCUT2D eigenvalue weighted by molar-refractivity contribution is 0.474. The topological polar surface area (TPSA) is 60.2 Å². The number of aliphatic imine (C=N–C) groups is 1. The summed E-state index contributed by atoms with van der Waals surface area (Å²) in [5.74, 6) is 0.887. The van der Waals surface area contributed by atoms with Crippen LogP contribution in [-0.2, 0) is 0 Å². The predicted octanol–water partition coefficient (Wildman–Crippen LogP) is 3.23. The maximum atomic E-state index is 9.72. The smallest absolute Gasteiger partial charge is 0.194 e. The van der Waals surface area contributed by atoms with Crippen LogP contribution in [0.25, 0.3) is 0 Å². The van der Waals surface area contributed by atoms with Crippen LogP contribution in [0.4, 0.5) is 5.69 Å². The third-order valence-electron chi connectivity index (χ3n) is 3.33. The molecule has 1 aliphatic heterocycles. The first-order chi connectivity index (χ1) is 11.2. The second-order valence-electron chi connectivity index (χ2n) is 5.00. The van der Waals surface area contributed by atoms with Gasteiger partial charge in [0.05, 0.1) is 6.54 Å². The van der Waals surface area contributed by atoms with E-state index in [4.69, 9.17) is 12.2 Å². The Kier molecular flexibility index (Phi) is 4.63. The van der Waals surface area contributed by atoms with E-state index in [1.807, 2.05) is 36.4 Å². The molecule has 0 aliphatic carbocycles. The Labute approximate surface area is 140 Å². The second kappa shape index (κ2) is 7.02. The molecule has 3 rings (SSSR count). The number of hydrazone groups is 1. The van der Waals surface area contributed by atoms with E-state index in [1.54, 1.807) is 29.4 Å². The van der Waals surface area contributed by atoms with Gasteiger partial charge in [-0.25, -0.2) is 10.0 Å². The number of nitrogens with one attached hydrogen (secondary N) is 1. The van der Waals surface area contributed by atoms with E-state index >= 15 is 0 Å². The Hall–Kier alpha value is -2.73. The molecule has 0 fully saturated rings. The van der Waals surface area contributed by atoms with Crippen LogP contribution in [0.5, 0.6) is 5.75 Å². The molecule has 2 aromatic carbocycles. The van der Waals surface area contributed by atoms with Crippen LogP contribution in [0.15, 0.2) is 64.7 Å². The average Bonchev–Trinajstić information content (AvgIpc) is 3.04. The van der Waals surface area contributed by atoms with E-state index in [0.29, 0.717) is 29.5 Å². The van der Waals surface area contributed by atoms with Crippen LogP contribution in [0, 0.1) is 0 Å². The van der Waals surface area contributed by atoms with Gasteiger partial charge in [-0.15, -0.1) is 0 Å². The minimum absolute atomic E-state index is 0.202. The van der Waals surface area contributed by atoms with E-state index in [9.17, 15) is 5.11 Å². The Bertz CT molecular complexity index is 758. The van der Waals surface area contributed by atoms with Gasteiger partial charge in [0.15, 0.2) is 10.9 Å². The fraction of sp³-hybridized carbons (Fsp3) is 0.118. The molecule has 0 amide bonds. The standard InChI is InChI=1S/C17H16N4OS/c22-15-9-5-4-6-13(15)12-18-16-10-11-21(20-16)17(23)19-14-7-2-1-3-8-14/h1-9,12,22H,10-11H2,(H,19,23). The van der Waals surface area contributed by atoms with Crippen molar-refractivity contribution in [3.05, 3.63) is 60.2 Å². The molecule has 6 heteroatoms. The van der Waals surface area contributed by atoms with Crippen molar-refractivity contribution >= 4 is 35.1 Å². The van der Waals surface area contributed by atoms with Crippen LogP contribution in [0.3, 0.4) is 0 Å². The number of phenols is 1. The highest BCUT2D eigenvalue weighted by Crippen LogP contribution is 2.15. The van der Waals surface area contributed by atoms with Crippen molar-refractivity contribution in [2.24, 2.45) is 10.1 Å². The average molecular weight is 324 g/mol. The Morgan fingerprint density at radius 1 is 1.17 bits per heavy atom. The summed E-state index contributed by atoms with van der Waals surface area (Å²) in [5.41, 5.74) is 1.59. The highest BCUT2D eigenvalue weighted by Gasteiger charge is 2.17. The van der Waals surface area contributed by atoms with Gasteiger partial charge in [-0.2, -0.15) is 5.10 Å². The quantitative estimate of drug-likeness (QED) is 0.658. The van der Waals surface area contributed by atoms with E-state index in [2.05, 4.69) is 15.4 Å². The number of thiocarbonyl (C=S) groups is 1. The first-order valence-corrected chi connectivity index (χ1v) is 7.66. The summed E-state index contributed by atoms with van der Waals surface area (Å²) >= 11 is 5.36. The zero-order valence-corrected chi connectivity index (χ0v) is 13.2. The van der Waals surface area contributed by atoms with Gasteiger partial charge >= 0.3 is 0 Å². The lowest BCUT2D eigenvalue weighted by atomic mass is 10.2. The zero-order chi connectivity index (χ0) is 16.1. The molecule has 2 aromatic rings. The molecule has 0 radical (unpaired) electrons. The summed E-state index contributed by atoms with van der Waals surface area (Å²) in [6.45, 7) is 0.687. The van der Waals surface area contributed by atoms with Crippen LogP contribution in [0.2, 0.25) is 0 Å². The second-order valence-corrected chi connectivity index (χ2v) is 5.39. The number of amidine groups is 1. The summed E-state index contributed by atoms with van der Waals surface area (Å²) in [5, 5.41) is 19.5. The normalized spacial score (nSPS) is 14.1. The van der Waals surface area contributed by atoms with E-state index in [1.165, 1.54) is 0 Å². The van der Waals surface area contributed by atoms with Crippen molar-refractivity contribution in [3.8, 4) is 5.75 Å². The number of anilines is 1. The van der Waals surface area contributed by atoms with Gasteiger partial charge in [0.2, 0.25) is 0 Å². The summed E-state index contributed by atoms with van der Waals surface area (Å²) in [6, 6.07) is 16.8. The van der Waals surface area contributed by atoms with Gasteiger partial charge in [0.25, 0.3) is 0 Å². The minimum Gasteiger partial charge on any atom is -0.507 e. The van der Waals surface area contributed by atoms with Crippen molar-refractivity contribution in [1.82, 2.24) is 5.01 Å². The minimum atomic E-state index is 0.202. The van der Waals surface area contributed by atoms with Crippen LogP contribution >= 0.6 is 12.2 Å². The van der Waals surface area contributed by atoms with Crippen LogP contribution in [-0.4, -0.2) is 33.8 Å². The summed E-state index contributed by atoms with van der Waals surface area (Å²) in [6.07, 6.45) is 2.33. The summed E-state index contributed by atoms with van der Waals surface area (Å²) in [7, 11) is 0. The maximum Gasteiger partial charge on any atom is 0.194 e. The number of para-hydroxylation sites is 2. The fourth-order valence-electron chi connectivity index (χ4n) is 2.13. The first kappa shape index (κ1) is 15.2. The van der Waals surface area contributed by atoms with Crippen molar-refractivity contribution in [1.29, 1.82) is 0 Å². The highest BCUT2D eigenvalue weighted by atomic mass is 32.1. The first-order valence-electron chi connectivity index (χ1n) is 7.25. The van der Waals surface area contributed by atoms with E-state index < -0.39 is 0 Å². The monoisotopic (exact) mass is 324 g/mol. The molecular weight excluding hydrogens is 308 g/mol. The third-order valence-corrected chi connectivity index (χ3v) is 3.65. The van der Waals surface area contributed by atoms with Gasteiger partial charge in [0.1, 0.15) is 5.75 Å². The van der Waals surface area contributed by atoms with Gasteiger partial charge in [-0.3, -0.25) is 0 Å². The molecular formula is C17H16N4OS. The molecule has 0 saturated carbocycles. The number of rotatable bonds is 2. The molecule has 1 aliphatic rings. The summed E-state index contributed by atoms with van der Waals surface area (Å²) in [4.78, 5) is 4.33. The Morgan fingerprint density at radius 2 is 1.91 bits per heavy atom. The molecule has 0 spiro atoms. The van der Waals surface area contributed by atoms with Crippen molar-refractivity contribution in [2.75, 3.05) is 11.9 Å². The van der Waals surface area contributed by atoms with Crippen LogP contribution in [0.1, 0.15) is 12.0 Å². The van der Waals surface area contributed by atoms with Crippen LogP contribution < -0.4 is 5.32 Å². The largest absolute Gasteiger partial charge is 0.507 e. The lowest BCUT2D eigenvalue weighted by Gasteiger charge is -2.15. The molecule has 0 unspecified atom stereocenters. The number of aromatic hydroxyl groups is 1. The van der Waals surface area contributed by atoms with Gasteiger partial charge < -0.3 is 10.4 Å². The van der Waals surface area contributed by atoms with Gasteiger partial charge in [-0.1, -0.05) is 30.3 Å². The number of phenolic OH excluding ortho intramolecular Hbond substituents is 1. The van der Waals surface area contributed by atoms with E-state index in [-0.39, 0.29) is 5.75 Å². The predicted molar refractivity (Wildman–Crippen MR) is 97.1 cm³/mol. The molecule has 0 saturated heterocycles. The molecule has 1 heterocycles. The van der Waals surface area contributed by atoms with Crippen molar-refractivity contribution in [3.63, 3.8) is 0 Å². The van der Waals surface area contributed by atoms with Crippen molar-refractivity contribution < 1.29 is 5.11 Å². The lowest BCUT2D eigenvalue weighted by Crippen LogP contribution is -2.28. The molecule has 2 N–H and O–H groups in total. The highest BCUT2D eigenvalue weighted by molar-refractivity contribution is 7.80.